The van der Waals surface area contributed by atoms with Crippen LogP contribution >= 0.6 is 22.6 Å². The van der Waals surface area contributed by atoms with Crippen LogP contribution in [-0.2, 0) is 14.6 Å². The summed E-state index contributed by atoms with van der Waals surface area (Å²) in [7, 11) is -3.58. The maximum atomic E-state index is 11.0. The number of alkyl halides is 1. The summed E-state index contributed by atoms with van der Waals surface area (Å²) in [6.07, 6.45) is 0. The molecule has 0 saturated carbocycles. The van der Waals surface area contributed by atoms with Crippen molar-refractivity contribution in [3.8, 4) is 0 Å². The first-order valence-electron chi connectivity index (χ1n) is 2.82. The molecule has 68 valence electrons. The molecule has 1 unspecified atom stereocenters. The van der Waals surface area contributed by atoms with E-state index in [1.807, 2.05) is 0 Å². The minimum Gasteiger partial charge on any atom is -0.368 e. The van der Waals surface area contributed by atoms with Gasteiger partial charge in [0, 0.05) is 5.41 Å². The first-order chi connectivity index (χ1) is 5.33. The van der Waals surface area contributed by atoms with E-state index in [0.29, 0.717) is 0 Å². The molecule has 0 spiro atoms. The molecule has 6 heteroatoms. The molecule has 2 N–H and O–H groups in total. The summed E-state index contributed by atoms with van der Waals surface area (Å²) in [6.45, 7) is 6.34. The Hall–Kier alpha value is -0.370. The summed E-state index contributed by atoms with van der Waals surface area (Å²) in [4.78, 5) is 10.3. The van der Waals surface area contributed by atoms with E-state index in [9.17, 15) is 13.2 Å². The minimum absolute atomic E-state index is 0.231. The van der Waals surface area contributed by atoms with Crippen LogP contribution in [0.25, 0.3) is 0 Å². The van der Waals surface area contributed by atoms with Gasteiger partial charge in [-0.3, -0.25) is 4.79 Å². The lowest BCUT2D eigenvalue weighted by Crippen LogP contribution is -2.27. The minimum atomic E-state index is -3.58. The Morgan fingerprint density at radius 3 is 2.25 bits per heavy atom. The molecule has 0 aliphatic carbocycles. The third-order valence-corrected chi connectivity index (χ3v) is 4.31. The van der Waals surface area contributed by atoms with Crippen LogP contribution in [0, 0.1) is 0 Å². The molecule has 0 aliphatic rings. The molecule has 0 aromatic rings. The average Bonchev–Trinajstić information content (AvgIpc) is 2.01. The average molecular weight is 301 g/mol. The van der Waals surface area contributed by atoms with Crippen LogP contribution in [0.3, 0.4) is 0 Å². The van der Waals surface area contributed by atoms with Gasteiger partial charge in [-0.2, -0.15) is 0 Å². The van der Waals surface area contributed by atoms with Gasteiger partial charge in [0.05, 0.1) is 4.91 Å². The summed E-state index contributed by atoms with van der Waals surface area (Å²) in [5.74, 6) is -0.731. The number of sulfone groups is 1. The zero-order chi connectivity index (χ0) is 9.94. The number of hydrogen-bond acceptors (Lipinski definition) is 3. The van der Waals surface area contributed by atoms with Crippen LogP contribution < -0.4 is 5.73 Å². The molecule has 1 amide bonds. The Morgan fingerprint density at radius 1 is 1.58 bits per heavy atom. The highest BCUT2D eigenvalue weighted by Gasteiger charge is 2.23. The summed E-state index contributed by atoms with van der Waals surface area (Å²) in [5, 5.41) is 0.740. The molecule has 0 aromatic heterocycles. The zero-order valence-electron chi connectivity index (χ0n) is 6.16. The predicted molar refractivity (Wildman–Crippen MR) is 55.3 cm³/mol. The Morgan fingerprint density at radius 2 is 2.00 bits per heavy atom. The van der Waals surface area contributed by atoms with Gasteiger partial charge in [-0.05, 0) is 0 Å². The molecule has 0 bridgehead atoms. The number of carbonyl (C=O) groups excluding carboxylic acids is 1. The summed E-state index contributed by atoms with van der Waals surface area (Å²) >= 11 is 1.61. The fraction of sp³-hybridized carbons (Fsp3) is 0.167. The number of carbonyl (C=O) groups is 1. The van der Waals surface area contributed by atoms with E-state index in [0.717, 1.165) is 5.41 Å². The van der Waals surface area contributed by atoms with Crippen molar-refractivity contribution < 1.29 is 13.2 Å². The Bertz CT molecular complexity index is 320. The van der Waals surface area contributed by atoms with Crippen molar-refractivity contribution in [3.05, 3.63) is 23.5 Å². The third kappa shape index (κ3) is 2.59. The molecule has 1 atom stereocenters. The first-order valence-corrected chi connectivity index (χ1v) is 5.62. The van der Waals surface area contributed by atoms with Crippen LogP contribution in [0.15, 0.2) is 23.5 Å². The summed E-state index contributed by atoms with van der Waals surface area (Å²) in [5.41, 5.74) is 4.88. The molecule has 0 rings (SSSR count). The smallest absolute Gasteiger partial charge is 0.235 e. The Kier molecular flexibility index (Phi) is 3.91. The number of nitrogens with two attached hydrogens (primary N) is 1. The van der Waals surface area contributed by atoms with Crippen LogP contribution in [0.2, 0.25) is 0 Å². The van der Waals surface area contributed by atoms with E-state index in [1.54, 1.807) is 22.6 Å². The van der Waals surface area contributed by atoms with E-state index in [1.165, 1.54) is 0 Å². The molecule has 0 radical (unpaired) electrons. The normalized spacial score (nSPS) is 13.4. The topological polar surface area (TPSA) is 77.2 Å². The van der Waals surface area contributed by atoms with Crippen molar-refractivity contribution in [2.45, 2.75) is 3.92 Å². The van der Waals surface area contributed by atoms with Crippen molar-refractivity contribution in [2.24, 2.45) is 5.73 Å². The zero-order valence-corrected chi connectivity index (χ0v) is 9.13. The van der Waals surface area contributed by atoms with Gasteiger partial charge in [0.25, 0.3) is 0 Å². The molecule has 0 heterocycles. The van der Waals surface area contributed by atoms with Gasteiger partial charge >= 0.3 is 0 Å². The maximum Gasteiger partial charge on any atom is 0.235 e. The maximum absolute atomic E-state index is 11.0. The number of primary amides is 1. The SMILES string of the molecule is C=CS(=O)(=O)C(=C)C(I)C(N)=O. The van der Waals surface area contributed by atoms with Gasteiger partial charge in [0.15, 0.2) is 9.84 Å². The lowest BCUT2D eigenvalue weighted by molar-refractivity contribution is -0.116. The summed E-state index contributed by atoms with van der Waals surface area (Å²) < 4.78 is 21.1. The predicted octanol–water partition coefficient (Wildman–Crippen LogP) is 0.347. The largest absolute Gasteiger partial charge is 0.368 e. The van der Waals surface area contributed by atoms with Gasteiger partial charge in [-0.1, -0.05) is 35.7 Å². The van der Waals surface area contributed by atoms with Gasteiger partial charge < -0.3 is 5.73 Å². The lowest BCUT2D eigenvalue weighted by Gasteiger charge is -2.06. The van der Waals surface area contributed by atoms with E-state index in [2.05, 4.69) is 13.2 Å². The third-order valence-electron chi connectivity index (χ3n) is 1.12. The lowest BCUT2D eigenvalue weighted by atomic mass is 10.4. The first kappa shape index (κ1) is 11.6. The monoisotopic (exact) mass is 301 g/mol. The molecule has 0 fully saturated rings. The van der Waals surface area contributed by atoms with Crippen molar-refractivity contribution in [1.29, 1.82) is 0 Å². The Balaban J connectivity index is 4.87. The van der Waals surface area contributed by atoms with Crippen molar-refractivity contribution in [3.63, 3.8) is 0 Å². The Labute approximate surface area is 84.6 Å². The molecule has 0 aliphatic heterocycles. The van der Waals surface area contributed by atoms with Gasteiger partial charge in [0.2, 0.25) is 5.91 Å². The van der Waals surface area contributed by atoms with Crippen molar-refractivity contribution >= 4 is 38.3 Å². The second kappa shape index (κ2) is 4.04. The molecule has 0 saturated heterocycles. The van der Waals surface area contributed by atoms with Crippen LogP contribution in [0.4, 0.5) is 0 Å². The van der Waals surface area contributed by atoms with E-state index in [-0.39, 0.29) is 4.91 Å². The highest BCUT2D eigenvalue weighted by molar-refractivity contribution is 14.1. The van der Waals surface area contributed by atoms with Crippen LogP contribution in [0.5, 0.6) is 0 Å². The van der Waals surface area contributed by atoms with E-state index in [4.69, 9.17) is 5.73 Å². The molecule has 4 nitrogen and oxygen atoms in total. The van der Waals surface area contributed by atoms with Crippen LogP contribution in [-0.4, -0.2) is 18.2 Å². The molecular formula is C6H8INO3S. The van der Waals surface area contributed by atoms with Crippen LogP contribution in [0.1, 0.15) is 0 Å². The van der Waals surface area contributed by atoms with Crippen molar-refractivity contribution in [1.82, 2.24) is 0 Å². The second-order valence-corrected chi connectivity index (χ2v) is 5.14. The fourth-order valence-electron chi connectivity index (χ4n) is 0.410. The van der Waals surface area contributed by atoms with Gasteiger partial charge in [0.1, 0.15) is 3.92 Å². The highest BCUT2D eigenvalue weighted by Crippen LogP contribution is 2.17. The number of rotatable bonds is 4. The fourth-order valence-corrected chi connectivity index (χ4v) is 2.09. The number of amides is 1. The van der Waals surface area contributed by atoms with E-state index >= 15 is 0 Å². The van der Waals surface area contributed by atoms with Gasteiger partial charge in [-0.25, -0.2) is 8.42 Å². The number of hydrogen-bond donors (Lipinski definition) is 1. The molecule has 0 aromatic carbocycles. The molecule has 12 heavy (non-hydrogen) atoms. The quantitative estimate of drug-likeness (QED) is 0.601. The van der Waals surface area contributed by atoms with Gasteiger partial charge in [-0.15, -0.1) is 0 Å². The summed E-state index contributed by atoms with van der Waals surface area (Å²) in [6, 6.07) is 0. The molecular weight excluding hydrogens is 293 g/mol. The highest BCUT2D eigenvalue weighted by atomic mass is 127. The second-order valence-electron chi connectivity index (χ2n) is 1.94. The standard InChI is InChI=1S/C6H8INO3S/c1-3-12(10,11)4(2)5(7)6(8)9/h3,5H,1-2H2,(H2,8,9). The van der Waals surface area contributed by atoms with Crippen molar-refractivity contribution in [2.75, 3.05) is 0 Å². The van der Waals surface area contributed by atoms with E-state index < -0.39 is 19.7 Å². The number of halogens is 1.